The van der Waals surface area contributed by atoms with Gasteiger partial charge in [0.15, 0.2) is 5.82 Å². The molecule has 0 fully saturated rings. The number of aryl methyl sites for hydroxylation is 2. The third-order valence-corrected chi connectivity index (χ3v) is 3.57. The molecule has 112 valence electrons. The fourth-order valence-electron chi connectivity index (χ4n) is 1.89. The smallest absolute Gasteiger partial charge is 0.229 e. The lowest BCUT2D eigenvalue weighted by Crippen LogP contribution is -2.01. The molecule has 0 spiro atoms. The summed E-state index contributed by atoms with van der Waals surface area (Å²) in [7, 11) is 0. The van der Waals surface area contributed by atoms with Gasteiger partial charge in [-0.2, -0.15) is 4.98 Å². The number of nitrogens with one attached hydrogen (secondary N) is 2. The van der Waals surface area contributed by atoms with Crippen molar-refractivity contribution in [3.8, 4) is 0 Å². The molecular weight excluding hydrogens is 346 g/mol. The monoisotopic (exact) mass is 359 g/mol. The van der Waals surface area contributed by atoms with Gasteiger partial charge in [-0.05, 0) is 53.5 Å². The summed E-state index contributed by atoms with van der Waals surface area (Å²) >= 11 is 3.52. The lowest BCUT2D eigenvalue weighted by molar-refractivity contribution is 0.400. The van der Waals surface area contributed by atoms with Crippen LogP contribution in [0.15, 0.2) is 45.5 Å². The summed E-state index contributed by atoms with van der Waals surface area (Å²) in [5, 5.41) is 10.1. The fourth-order valence-corrected chi connectivity index (χ4v) is 2.48. The molecule has 0 aliphatic carbocycles. The number of aromatic nitrogens is 3. The van der Waals surface area contributed by atoms with E-state index in [1.54, 1.807) is 18.3 Å². The summed E-state index contributed by atoms with van der Waals surface area (Å²) in [5.74, 6) is 2.47. The zero-order chi connectivity index (χ0) is 15.5. The molecular formula is C15H14BrN5O. The van der Waals surface area contributed by atoms with Crippen molar-refractivity contribution in [1.82, 2.24) is 15.1 Å². The van der Waals surface area contributed by atoms with Gasteiger partial charge in [0, 0.05) is 16.7 Å². The number of benzene rings is 1. The lowest BCUT2D eigenvalue weighted by atomic mass is 10.2. The van der Waals surface area contributed by atoms with Crippen molar-refractivity contribution >= 4 is 39.2 Å². The minimum absolute atomic E-state index is 0.495. The molecule has 0 bridgehead atoms. The van der Waals surface area contributed by atoms with E-state index in [1.165, 1.54) is 5.56 Å². The van der Waals surface area contributed by atoms with Crippen LogP contribution in [0.25, 0.3) is 0 Å². The van der Waals surface area contributed by atoms with E-state index in [2.05, 4.69) is 41.7 Å². The zero-order valence-corrected chi connectivity index (χ0v) is 13.7. The third-order valence-electron chi connectivity index (χ3n) is 2.91. The Labute approximate surface area is 136 Å². The molecule has 0 saturated heterocycles. The Morgan fingerprint density at radius 3 is 2.64 bits per heavy atom. The van der Waals surface area contributed by atoms with E-state index in [4.69, 9.17) is 4.52 Å². The summed E-state index contributed by atoms with van der Waals surface area (Å²) < 4.78 is 5.97. The van der Waals surface area contributed by atoms with Gasteiger partial charge in [-0.25, -0.2) is 4.98 Å². The average Bonchev–Trinajstić information content (AvgIpc) is 2.88. The summed E-state index contributed by atoms with van der Waals surface area (Å²) in [6.45, 7) is 3.87. The Morgan fingerprint density at radius 2 is 1.91 bits per heavy atom. The third kappa shape index (κ3) is 3.43. The molecule has 0 unspecified atom stereocenters. The molecule has 3 aromatic rings. The summed E-state index contributed by atoms with van der Waals surface area (Å²) in [4.78, 5) is 8.62. The molecule has 0 saturated carbocycles. The molecule has 3 rings (SSSR count). The Hall–Kier alpha value is -2.41. The normalized spacial score (nSPS) is 10.5. The molecule has 22 heavy (non-hydrogen) atoms. The molecule has 0 atom stereocenters. The van der Waals surface area contributed by atoms with Gasteiger partial charge in [0.1, 0.15) is 11.6 Å². The van der Waals surface area contributed by atoms with Gasteiger partial charge in [0.2, 0.25) is 5.95 Å². The van der Waals surface area contributed by atoms with E-state index >= 15 is 0 Å². The summed E-state index contributed by atoms with van der Waals surface area (Å²) in [5.41, 5.74) is 2.08. The topological polar surface area (TPSA) is 75.9 Å². The number of halogens is 1. The second-order valence-corrected chi connectivity index (χ2v) is 5.68. The van der Waals surface area contributed by atoms with Gasteiger partial charge in [-0.3, -0.25) is 0 Å². The van der Waals surface area contributed by atoms with Gasteiger partial charge >= 0.3 is 0 Å². The molecule has 2 N–H and O–H groups in total. The van der Waals surface area contributed by atoms with E-state index < -0.39 is 0 Å². The SMILES string of the molecule is Cc1ccc(Nc2nccc(Nc3cc(C)on3)n2)c(Br)c1. The van der Waals surface area contributed by atoms with Crippen LogP contribution in [0.2, 0.25) is 0 Å². The van der Waals surface area contributed by atoms with Crippen molar-refractivity contribution in [2.24, 2.45) is 0 Å². The molecule has 2 aromatic heterocycles. The first-order valence-corrected chi connectivity index (χ1v) is 7.46. The average molecular weight is 360 g/mol. The number of nitrogens with zero attached hydrogens (tertiary/aromatic N) is 3. The first-order valence-electron chi connectivity index (χ1n) is 6.67. The highest BCUT2D eigenvalue weighted by molar-refractivity contribution is 9.10. The van der Waals surface area contributed by atoms with E-state index in [0.717, 1.165) is 15.9 Å². The van der Waals surface area contributed by atoms with E-state index in [-0.39, 0.29) is 0 Å². The molecule has 0 aliphatic rings. The zero-order valence-electron chi connectivity index (χ0n) is 12.1. The van der Waals surface area contributed by atoms with Crippen LogP contribution in [0.5, 0.6) is 0 Å². The number of anilines is 4. The minimum Gasteiger partial charge on any atom is -0.360 e. The number of rotatable bonds is 4. The van der Waals surface area contributed by atoms with Crippen LogP contribution in [0.1, 0.15) is 11.3 Å². The molecule has 6 nitrogen and oxygen atoms in total. The predicted molar refractivity (Wildman–Crippen MR) is 88.7 cm³/mol. The second-order valence-electron chi connectivity index (χ2n) is 4.82. The largest absolute Gasteiger partial charge is 0.360 e. The number of hydrogen-bond donors (Lipinski definition) is 2. The van der Waals surface area contributed by atoms with E-state index in [0.29, 0.717) is 17.6 Å². The standard InChI is InChI=1S/C15H14BrN5O/c1-9-3-4-12(11(16)7-9)18-15-17-6-5-13(20-15)19-14-8-10(2)22-21-14/h3-8H,1-2H3,(H2,17,18,19,20,21). The lowest BCUT2D eigenvalue weighted by Gasteiger charge is -2.09. The molecule has 1 aromatic carbocycles. The van der Waals surface area contributed by atoms with Crippen molar-refractivity contribution in [2.45, 2.75) is 13.8 Å². The predicted octanol–water partition coefficient (Wildman–Crippen LogP) is 4.33. The summed E-state index contributed by atoms with van der Waals surface area (Å²) in [6, 6.07) is 9.59. The molecule has 0 aliphatic heterocycles. The number of hydrogen-bond acceptors (Lipinski definition) is 6. The molecule has 2 heterocycles. The summed E-state index contributed by atoms with van der Waals surface area (Å²) in [6.07, 6.45) is 1.67. The quantitative estimate of drug-likeness (QED) is 0.721. The second kappa shape index (κ2) is 6.15. The Bertz CT molecular complexity index is 802. The van der Waals surface area contributed by atoms with Crippen LogP contribution in [0, 0.1) is 13.8 Å². The Morgan fingerprint density at radius 1 is 1.05 bits per heavy atom. The Balaban J connectivity index is 1.78. The van der Waals surface area contributed by atoms with Gasteiger partial charge in [-0.1, -0.05) is 11.2 Å². The maximum absolute atomic E-state index is 5.01. The first kappa shape index (κ1) is 14.5. The maximum Gasteiger partial charge on any atom is 0.229 e. The van der Waals surface area contributed by atoms with E-state index in [1.807, 2.05) is 32.0 Å². The van der Waals surface area contributed by atoms with Gasteiger partial charge in [-0.15, -0.1) is 0 Å². The van der Waals surface area contributed by atoms with Gasteiger partial charge in [0.25, 0.3) is 0 Å². The molecule has 0 amide bonds. The van der Waals surface area contributed by atoms with Crippen molar-refractivity contribution in [3.05, 3.63) is 52.3 Å². The molecule has 7 heteroatoms. The van der Waals surface area contributed by atoms with Crippen molar-refractivity contribution in [1.29, 1.82) is 0 Å². The van der Waals surface area contributed by atoms with Crippen molar-refractivity contribution in [2.75, 3.05) is 10.6 Å². The highest BCUT2D eigenvalue weighted by Crippen LogP contribution is 2.26. The van der Waals surface area contributed by atoms with E-state index in [9.17, 15) is 0 Å². The van der Waals surface area contributed by atoms with Crippen LogP contribution in [-0.4, -0.2) is 15.1 Å². The Kier molecular flexibility index (Phi) is 4.06. The van der Waals surface area contributed by atoms with Crippen LogP contribution in [0.4, 0.5) is 23.3 Å². The van der Waals surface area contributed by atoms with Crippen molar-refractivity contribution in [3.63, 3.8) is 0 Å². The first-order chi connectivity index (χ1) is 10.6. The van der Waals surface area contributed by atoms with Crippen molar-refractivity contribution < 1.29 is 4.52 Å². The highest BCUT2D eigenvalue weighted by Gasteiger charge is 2.05. The molecule has 0 radical (unpaired) electrons. The highest BCUT2D eigenvalue weighted by atomic mass is 79.9. The van der Waals surface area contributed by atoms with Crippen LogP contribution in [0.3, 0.4) is 0 Å². The minimum atomic E-state index is 0.495. The van der Waals surface area contributed by atoms with Crippen LogP contribution in [-0.2, 0) is 0 Å². The van der Waals surface area contributed by atoms with Gasteiger partial charge in [0.05, 0.1) is 5.69 Å². The van der Waals surface area contributed by atoms with Gasteiger partial charge < -0.3 is 15.2 Å². The fraction of sp³-hybridized carbons (Fsp3) is 0.133. The van der Waals surface area contributed by atoms with Crippen LogP contribution < -0.4 is 10.6 Å². The van der Waals surface area contributed by atoms with Crippen LogP contribution >= 0.6 is 15.9 Å². The maximum atomic E-state index is 5.01.